The lowest BCUT2D eigenvalue weighted by atomic mass is 9.85. The average Bonchev–Trinajstić information content (AvgIpc) is 1.65. The number of aliphatic hydroxyl groups is 1. The second kappa shape index (κ2) is 41.6. The number of amides is 10. The molecule has 2 saturated heterocycles. The highest BCUT2D eigenvalue weighted by molar-refractivity contribution is 6.00. The minimum absolute atomic E-state index is 0.0573. The van der Waals surface area contributed by atoms with Gasteiger partial charge in [-0.1, -0.05) is 161 Å². The first-order valence-electron chi connectivity index (χ1n) is 41.9. The number of carboxylic acid groups (broad SMARTS) is 2. The topological polar surface area (TPSA) is 498 Å². The number of carboxylic acids is 2. The van der Waals surface area contributed by atoms with Gasteiger partial charge in [-0.25, -0.2) is 19.0 Å². The van der Waals surface area contributed by atoms with Crippen LogP contribution in [0.5, 0.6) is 11.5 Å². The Bertz CT molecular complexity index is 5200. The number of fused-ring (bicyclic) bond motifs is 2. The van der Waals surface area contributed by atoms with E-state index in [0.717, 1.165) is 21.5 Å². The number of rotatable bonds is 23. The third-order valence-corrected chi connectivity index (χ3v) is 22.9. The van der Waals surface area contributed by atoms with Crippen molar-refractivity contribution in [3.05, 3.63) is 179 Å². The largest absolute Gasteiger partial charge is 0.487 e. The summed E-state index contributed by atoms with van der Waals surface area (Å²) in [6, 6.07) is 21.5. The number of likely N-dealkylation sites (N-methyl/N-ethyl adjacent to an activating group) is 2. The van der Waals surface area contributed by atoms with Crippen LogP contribution in [0, 0.1) is 10.8 Å². The van der Waals surface area contributed by atoms with Crippen molar-refractivity contribution in [1.82, 2.24) is 93.0 Å². The van der Waals surface area contributed by atoms with Gasteiger partial charge < -0.3 is 93.5 Å². The summed E-state index contributed by atoms with van der Waals surface area (Å²) in [6.45, 7) is 12.4. The van der Waals surface area contributed by atoms with Gasteiger partial charge in [0.05, 0.1) is 43.2 Å². The van der Waals surface area contributed by atoms with Gasteiger partial charge in [0.15, 0.2) is 0 Å². The number of hydrogen-bond acceptors (Lipinski definition) is 22. The van der Waals surface area contributed by atoms with Crippen molar-refractivity contribution >= 4 is 92.6 Å². The van der Waals surface area contributed by atoms with Crippen LogP contribution >= 0.6 is 0 Å². The number of carbonyl (C=O) groups is 12. The molecule has 12 bridgehead atoms. The predicted molar refractivity (Wildman–Crippen MR) is 459 cm³/mol. The van der Waals surface area contributed by atoms with Crippen LogP contribution in [0.3, 0.4) is 0 Å². The molecule has 666 valence electrons. The Labute approximate surface area is 723 Å². The van der Waals surface area contributed by atoms with Gasteiger partial charge in [0.25, 0.3) is 0 Å². The van der Waals surface area contributed by atoms with Gasteiger partial charge in [-0.15, -0.1) is 10.2 Å². The summed E-state index contributed by atoms with van der Waals surface area (Å²) in [6.07, 6.45) is 2.74. The Morgan fingerprint density at radius 1 is 0.520 bits per heavy atom. The maximum absolute atomic E-state index is 15.7. The van der Waals surface area contributed by atoms with Gasteiger partial charge in [0.2, 0.25) is 59.1 Å². The van der Waals surface area contributed by atoms with Crippen LogP contribution in [0.15, 0.2) is 146 Å². The number of likely N-dealkylation sites (tertiary alicyclic amines) is 2. The summed E-state index contributed by atoms with van der Waals surface area (Å²) < 4.78 is 15.5. The second-order valence-electron chi connectivity index (χ2n) is 34.4. The third-order valence-electron chi connectivity index (χ3n) is 22.9. The zero-order valence-corrected chi connectivity index (χ0v) is 71.8. The SMILES string of the molecule is CNC(C)C(=O)NC(C(=O)N1CC2CC1C(=O)NC(Cc1ccc3ccccc3c1)C(=O)NC(C(=O)O)Cc1ccc(cc1)OCc1cn(nn1)C1CC(C(=O)NC(Cc3ccc4ccccc4c3)C(=O)NC(C(=O)NC(CCCCN)C(=O)NC(CO)C(=O)O)Cc3ccc(cc3)OCc3cn2nn3)N(C(=O)C(NC(=O)C(C)NC)C(C)(C)C)C1)C(C)(C)C. The molecule has 36 nitrogen and oxygen atoms in total. The van der Waals surface area contributed by atoms with E-state index in [0.29, 0.717) is 45.8 Å². The number of hydrogen-bond donors (Lipinski definition) is 14. The quantitative estimate of drug-likeness (QED) is 0.0409. The minimum atomic E-state index is -1.75. The molecule has 0 aliphatic carbocycles. The summed E-state index contributed by atoms with van der Waals surface area (Å²) in [4.78, 5) is 178. The van der Waals surface area contributed by atoms with Gasteiger partial charge in [-0.05, 0) is 133 Å². The van der Waals surface area contributed by atoms with Gasteiger partial charge in [0.1, 0.15) is 96.5 Å². The molecule has 10 amide bonds. The summed E-state index contributed by atoms with van der Waals surface area (Å²) in [7, 11) is 3.19. The van der Waals surface area contributed by atoms with E-state index in [2.05, 4.69) is 73.8 Å². The number of nitrogens with one attached hydrogen (secondary N) is 10. The molecule has 2 fully saturated rings. The van der Waals surface area contributed by atoms with Crippen LogP contribution in [-0.2, 0) is 96.4 Å². The van der Waals surface area contributed by atoms with Crippen molar-refractivity contribution in [3.63, 3.8) is 0 Å². The molecule has 36 heteroatoms. The molecule has 2 aromatic heterocycles. The number of aliphatic hydroxyl groups excluding tert-OH is 1. The van der Waals surface area contributed by atoms with Crippen molar-refractivity contribution in [2.75, 3.05) is 40.3 Å². The maximum atomic E-state index is 15.7. The van der Waals surface area contributed by atoms with Gasteiger partial charge >= 0.3 is 11.9 Å². The highest BCUT2D eigenvalue weighted by atomic mass is 16.5. The first kappa shape index (κ1) is 92.9. The fraction of sp³-hybridized carbons (Fsp3) is 0.461. The van der Waals surface area contributed by atoms with Crippen molar-refractivity contribution in [1.29, 1.82) is 0 Å². The summed E-state index contributed by atoms with van der Waals surface area (Å²) in [5.74, 6) is -9.73. The molecule has 14 unspecified atom stereocenters. The molecule has 8 aromatic rings. The number of ether oxygens (including phenoxy) is 2. The van der Waals surface area contributed by atoms with Crippen molar-refractivity contribution in [3.8, 4) is 11.5 Å². The molecule has 0 spiro atoms. The standard InChI is InChI=1S/C89H113N19O17/c1-50(91-9)76(110)99-74(88(3,4)5)84(118)105-45-62-41-72(105)82(116)95-68(39-54-22-28-56-17-11-13-19-58(56)35-54)80(114)94-67(79(113)93-66(21-15-16-34-90)78(112)98-71(47-109)87(122)123)37-52-24-30-64(31-25-52)124-48-60-43-108(103-101-60)63-42-73(106(46-63)85(119)75(89(6,7)8)100-77(111)51(2)92-10)83(117)96-69(40-55-23-29-57-18-12-14-20-59(57)36-55)81(115)97-70(86(120)121)38-53-26-32-65(33-27-53)125-49-61-44-107(62)104-102-61/h11-14,17-20,22-33,35-36,43-44,50-51,62-63,66-75,91-92,109H,15-16,21,34,37-42,45-49,90H2,1-10H3,(H,93,113)(H,94,114)(H,95,116)(H,96,117)(H,97,115)(H,98,112)(H,99,110)(H,100,111)(H,120,121)(H,122,123). The van der Waals surface area contributed by atoms with E-state index in [1.54, 1.807) is 143 Å². The summed E-state index contributed by atoms with van der Waals surface area (Å²) >= 11 is 0. The van der Waals surface area contributed by atoms with Gasteiger partial charge in [0, 0.05) is 51.6 Å². The molecule has 6 aliphatic heterocycles. The molecule has 6 aromatic carbocycles. The highest BCUT2D eigenvalue weighted by Crippen LogP contribution is 2.35. The lowest BCUT2D eigenvalue weighted by Crippen LogP contribution is -2.61. The molecule has 0 radical (unpaired) electrons. The van der Waals surface area contributed by atoms with E-state index < -0.39 is 173 Å². The molecule has 125 heavy (non-hydrogen) atoms. The zero-order chi connectivity index (χ0) is 90.1. The number of aromatic nitrogens is 6. The number of nitrogens with two attached hydrogens (primary N) is 1. The number of nitrogens with zero attached hydrogens (tertiary/aromatic N) is 8. The van der Waals surface area contributed by atoms with Gasteiger partial charge in [-0.2, -0.15) is 0 Å². The Balaban J connectivity index is 0.970. The fourth-order valence-corrected chi connectivity index (χ4v) is 15.4. The maximum Gasteiger partial charge on any atom is 0.328 e. The van der Waals surface area contributed by atoms with Crippen LogP contribution in [0.2, 0.25) is 0 Å². The van der Waals surface area contributed by atoms with Crippen LogP contribution in [0.1, 0.15) is 133 Å². The molecule has 0 saturated carbocycles. The van der Waals surface area contributed by atoms with Crippen LogP contribution < -0.4 is 68.4 Å². The lowest BCUT2D eigenvalue weighted by molar-refractivity contribution is -0.145. The number of unbranched alkanes of at least 4 members (excludes halogenated alkanes) is 1. The predicted octanol–water partition coefficient (Wildman–Crippen LogP) is 2.38. The van der Waals surface area contributed by atoms with Crippen molar-refractivity contribution in [2.24, 2.45) is 16.6 Å². The van der Waals surface area contributed by atoms with Gasteiger partial charge in [-0.3, -0.25) is 47.9 Å². The molecule has 8 heterocycles. The number of aliphatic carboxylic acids is 2. The second-order valence-corrected chi connectivity index (χ2v) is 34.4. The first-order chi connectivity index (χ1) is 59.6. The van der Waals surface area contributed by atoms with E-state index in [9.17, 15) is 39.3 Å². The fourth-order valence-electron chi connectivity index (χ4n) is 15.4. The normalized spacial score (nSPS) is 20.9. The molecular weight excluding hydrogens is 1610 g/mol. The van der Waals surface area contributed by atoms with E-state index in [-0.39, 0.29) is 90.0 Å². The number of carbonyl (C=O) groups excluding carboxylic acids is 10. The van der Waals surface area contributed by atoms with E-state index >= 15 is 33.6 Å². The molecule has 14 rings (SSSR count). The monoisotopic (exact) mass is 1720 g/mol. The summed E-state index contributed by atoms with van der Waals surface area (Å²) in [5.41, 5.74) is 6.66. The van der Waals surface area contributed by atoms with E-state index in [4.69, 9.17) is 15.2 Å². The Kier molecular flexibility index (Phi) is 30.9. The molecular formula is C89H113N19O17. The zero-order valence-electron chi connectivity index (χ0n) is 71.8. The summed E-state index contributed by atoms with van der Waals surface area (Å²) in [5, 5.41) is 79.8. The lowest BCUT2D eigenvalue weighted by Gasteiger charge is -2.36. The van der Waals surface area contributed by atoms with Crippen molar-refractivity contribution < 1.29 is 82.3 Å². The van der Waals surface area contributed by atoms with E-state index in [1.807, 2.05) is 72.8 Å². The van der Waals surface area contributed by atoms with Crippen LogP contribution in [-0.4, -0.2) is 239 Å². The van der Waals surface area contributed by atoms with E-state index in [1.165, 1.54) is 19.2 Å². The highest BCUT2D eigenvalue weighted by Gasteiger charge is 2.49. The third kappa shape index (κ3) is 24.2. The molecule has 14 atom stereocenters. The molecule has 15 N–H and O–H groups in total. The number of benzene rings is 6. The Morgan fingerprint density at radius 2 is 0.944 bits per heavy atom. The van der Waals surface area contributed by atoms with Crippen LogP contribution in [0.25, 0.3) is 21.5 Å². The smallest absolute Gasteiger partial charge is 0.328 e. The first-order valence-corrected chi connectivity index (χ1v) is 41.9. The molecule has 6 aliphatic rings. The average molecular weight is 1720 g/mol. The minimum Gasteiger partial charge on any atom is -0.487 e. The van der Waals surface area contributed by atoms with Crippen molar-refractivity contribution in [2.45, 2.75) is 211 Å². The Morgan fingerprint density at radius 3 is 1.34 bits per heavy atom. The van der Waals surface area contributed by atoms with Crippen LogP contribution in [0.4, 0.5) is 0 Å². The Hall–Kier alpha value is -12.8.